The Hall–Kier alpha value is -1.70. The Morgan fingerprint density at radius 2 is 2.04 bits per heavy atom. The fraction of sp³-hybridized carbons (Fsp3) is 0.667. The molecule has 8 heteroatoms. The molecule has 0 N–H and O–H groups in total. The van der Waals surface area contributed by atoms with Crippen LogP contribution in [0.15, 0.2) is 24.1 Å². The van der Waals surface area contributed by atoms with Gasteiger partial charge in [-0.2, -0.15) is 4.68 Å². The van der Waals surface area contributed by atoms with Gasteiger partial charge in [-0.1, -0.05) is 39.2 Å². The van der Waals surface area contributed by atoms with Gasteiger partial charge in [0, 0.05) is 13.1 Å². The van der Waals surface area contributed by atoms with Gasteiger partial charge in [-0.3, -0.25) is 0 Å². The largest absolute Gasteiger partial charge is 0.346 e. The summed E-state index contributed by atoms with van der Waals surface area (Å²) in [6.45, 7) is 8.52. The van der Waals surface area contributed by atoms with E-state index in [4.69, 9.17) is 0 Å². The van der Waals surface area contributed by atoms with Crippen LogP contribution in [0, 0.1) is 0 Å². The standard InChI is InChI=1S/C15H26N4O3S/c1-4-7-8-9-11-18(10-5-2)15(20)19-13-16-14(17-19)23(21,22)12-6-3/h5,13H,2,4,6-12H2,1,3H3. The van der Waals surface area contributed by atoms with E-state index in [0.29, 0.717) is 19.5 Å². The van der Waals surface area contributed by atoms with Gasteiger partial charge < -0.3 is 4.90 Å². The second-order valence-corrected chi connectivity index (χ2v) is 7.37. The van der Waals surface area contributed by atoms with Crippen LogP contribution in [0.3, 0.4) is 0 Å². The van der Waals surface area contributed by atoms with Crippen molar-refractivity contribution in [2.45, 2.75) is 51.1 Å². The van der Waals surface area contributed by atoms with E-state index in [0.717, 1.165) is 36.7 Å². The van der Waals surface area contributed by atoms with Gasteiger partial charge in [0.2, 0.25) is 9.84 Å². The summed E-state index contributed by atoms with van der Waals surface area (Å²) in [4.78, 5) is 17.8. The second kappa shape index (κ2) is 9.44. The molecule has 0 radical (unpaired) electrons. The van der Waals surface area contributed by atoms with Gasteiger partial charge in [0.05, 0.1) is 5.75 Å². The van der Waals surface area contributed by atoms with Crippen molar-refractivity contribution in [2.24, 2.45) is 0 Å². The molecule has 0 bridgehead atoms. The highest BCUT2D eigenvalue weighted by Gasteiger charge is 2.22. The number of unbranched alkanes of at least 4 members (excludes halogenated alkanes) is 3. The molecule has 1 amide bonds. The molecule has 23 heavy (non-hydrogen) atoms. The quantitative estimate of drug-likeness (QED) is 0.482. The zero-order valence-corrected chi connectivity index (χ0v) is 14.8. The van der Waals surface area contributed by atoms with Crippen LogP contribution in [0.4, 0.5) is 4.79 Å². The van der Waals surface area contributed by atoms with Crippen molar-refractivity contribution in [3.8, 4) is 0 Å². The maximum absolute atomic E-state index is 12.4. The summed E-state index contributed by atoms with van der Waals surface area (Å²) in [6, 6.07) is -0.383. The molecule has 1 heterocycles. The molecule has 0 aliphatic rings. The van der Waals surface area contributed by atoms with Crippen molar-refractivity contribution in [1.82, 2.24) is 19.7 Å². The summed E-state index contributed by atoms with van der Waals surface area (Å²) in [5.41, 5.74) is 0. The molecule has 0 aliphatic carbocycles. The predicted octanol–water partition coefficient (Wildman–Crippen LogP) is 2.50. The number of hydrogen-bond donors (Lipinski definition) is 0. The van der Waals surface area contributed by atoms with Crippen molar-refractivity contribution < 1.29 is 13.2 Å². The van der Waals surface area contributed by atoms with E-state index in [1.165, 1.54) is 0 Å². The summed E-state index contributed by atoms with van der Waals surface area (Å²) in [7, 11) is -3.52. The van der Waals surface area contributed by atoms with Gasteiger partial charge in [0.25, 0.3) is 5.16 Å². The average molecular weight is 342 g/mol. The Bertz CT molecular complexity index is 610. The molecular formula is C15H26N4O3S. The molecule has 0 unspecified atom stereocenters. The maximum Gasteiger partial charge on any atom is 0.346 e. The molecule has 0 fully saturated rings. The van der Waals surface area contributed by atoms with Crippen LogP contribution in [0.5, 0.6) is 0 Å². The third-order valence-corrected chi connectivity index (χ3v) is 5.01. The van der Waals surface area contributed by atoms with E-state index in [1.807, 2.05) is 0 Å². The van der Waals surface area contributed by atoms with Crippen LogP contribution in [-0.4, -0.2) is 53.0 Å². The lowest BCUT2D eigenvalue weighted by Gasteiger charge is -2.20. The van der Waals surface area contributed by atoms with Crippen molar-refractivity contribution in [3.63, 3.8) is 0 Å². The van der Waals surface area contributed by atoms with E-state index < -0.39 is 9.84 Å². The lowest BCUT2D eigenvalue weighted by atomic mass is 10.2. The SMILES string of the molecule is C=CCN(CCCCCC)C(=O)n1cnc(S(=O)(=O)CCC)n1. The Labute approximate surface area is 138 Å². The molecule has 7 nitrogen and oxygen atoms in total. The Kier molecular flexibility index (Phi) is 7.94. The van der Waals surface area contributed by atoms with Crippen LogP contribution in [0.25, 0.3) is 0 Å². The number of nitrogens with zero attached hydrogens (tertiary/aromatic N) is 4. The van der Waals surface area contributed by atoms with Gasteiger partial charge >= 0.3 is 6.03 Å². The van der Waals surface area contributed by atoms with Crippen molar-refractivity contribution in [3.05, 3.63) is 19.0 Å². The first kappa shape index (κ1) is 19.3. The predicted molar refractivity (Wildman–Crippen MR) is 89.1 cm³/mol. The maximum atomic E-state index is 12.4. The van der Waals surface area contributed by atoms with E-state index in [-0.39, 0.29) is 16.9 Å². The van der Waals surface area contributed by atoms with Gasteiger partial charge in [-0.15, -0.1) is 11.7 Å². The molecule has 1 aromatic rings. The van der Waals surface area contributed by atoms with Gasteiger partial charge in [-0.05, 0) is 12.8 Å². The van der Waals surface area contributed by atoms with E-state index in [2.05, 4.69) is 23.6 Å². The highest BCUT2D eigenvalue weighted by Crippen LogP contribution is 2.07. The van der Waals surface area contributed by atoms with Gasteiger partial charge in [-0.25, -0.2) is 18.2 Å². The Balaban J connectivity index is 2.80. The lowest BCUT2D eigenvalue weighted by molar-refractivity contribution is 0.200. The first-order chi connectivity index (χ1) is 11.0. The normalized spacial score (nSPS) is 11.4. The molecule has 0 aliphatic heterocycles. The molecule has 0 aromatic carbocycles. The third kappa shape index (κ3) is 5.78. The monoisotopic (exact) mass is 342 g/mol. The fourth-order valence-corrected chi connectivity index (χ4v) is 3.28. The highest BCUT2D eigenvalue weighted by molar-refractivity contribution is 7.91. The molecular weight excluding hydrogens is 316 g/mol. The molecule has 0 atom stereocenters. The Morgan fingerprint density at radius 1 is 1.30 bits per heavy atom. The number of carbonyl (C=O) groups is 1. The second-order valence-electron chi connectivity index (χ2n) is 5.37. The number of rotatable bonds is 10. The minimum atomic E-state index is -3.52. The van der Waals surface area contributed by atoms with E-state index in [9.17, 15) is 13.2 Å². The van der Waals surface area contributed by atoms with Crippen LogP contribution >= 0.6 is 0 Å². The number of carbonyl (C=O) groups excluding carboxylic acids is 1. The van der Waals surface area contributed by atoms with Crippen LogP contribution < -0.4 is 0 Å². The minimum Gasteiger partial charge on any atom is -0.319 e. The zero-order chi connectivity index (χ0) is 17.3. The summed E-state index contributed by atoms with van der Waals surface area (Å²) >= 11 is 0. The average Bonchev–Trinajstić information content (AvgIpc) is 3.00. The number of amides is 1. The zero-order valence-electron chi connectivity index (χ0n) is 13.9. The van der Waals surface area contributed by atoms with E-state index >= 15 is 0 Å². The summed E-state index contributed by atoms with van der Waals surface area (Å²) in [6.07, 6.45) is 7.46. The molecule has 0 spiro atoms. The lowest BCUT2D eigenvalue weighted by Crippen LogP contribution is -2.36. The first-order valence-electron chi connectivity index (χ1n) is 8.00. The van der Waals surface area contributed by atoms with Crippen LogP contribution in [-0.2, 0) is 9.84 Å². The molecule has 1 rings (SSSR count). The van der Waals surface area contributed by atoms with Gasteiger partial charge in [0.1, 0.15) is 6.33 Å². The topological polar surface area (TPSA) is 85.2 Å². The van der Waals surface area contributed by atoms with Crippen molar-refractivity contribution in [2.75, 3.05) is 18.8 Å². The third-order valence-electron chi connectivity index (χ3n) is 3.32. The molecule has 0 saturated carbocycles. The smallest absolute Gasteiger partial charge is 0.319 e. The summed E-state index contributed by atoms with van der Waals surface area (Å²) < 4.78 is 24.8. The van der Waals surface area contributed by atoms with E-state index in [1.54, 1.807) is 17.9 Å². The minimum absolute atomic E-state index is 0.0292. The Morgan fingerprint density at radius 3 is 2.65 bits per heavy atom. The molecule has 130 valence electrons. The molecule has 0 saturated heterocycles. The molecule has 1 aromatic heterocycles. The van der Waals surface area contributed by atoms with Crippen molar-refractivity contribution in [1.29, 1.82) is 0 Å². The summed E-state index contributed by atoms with van der Waals surface area (Å²) in [5, 5.41) is 3.55. The fourth-order valence-electron chi connectivity index (χ4n) is 2.14. The van der Waals surface area contributed by atoms with Crippen LogP contribution in [0.2, 0.25) is 0 Å². The van der Waals surface area contributed by atoms with Gasteiger partial charge in [0.15, 0.2) is 0 Å². The highest BCUT2D eigenvalue weighted by atomic mass is 32.2. The number of aromatic nitrogens is 3. The number of sulfone groups is 1. The summed E-state index contributed by atoms with van der Waals surface area (Å²) in [5.74, 6) is -0.0292. The van der Waals surface area contributed by atoms with Crippen LogP contribution in [0.1, 0.15) is 46.0 Å². The first-order valence-corrected chi connectivity index (χ1v) is 9.66. The number of hydrogen-bond acceptors (Lipinski definition) is 5. The van der Waals surface area contributed by atoms with Crippen molar-refractivity contribution >= 4 is 15.9 Å².